The van der Waals surface area contributed by atoms with Crippen LogP contribution in [0.5, 0.6) is 0 Å². The van der Waals surface area contributed by atoms with E-state index in [1.165, 1.54) is 11.3 Å². The number of piperidine rings is 1. The van der Waals surface area contributed by atoms with Crippen LogP contribution in [0.1, 0.15) is 50.0 Å². The van der Waals surface area contributed by atoms with Crippen molar-refractivity contribution in [3.63, 3.8) is 0 Å². The van der Waals surface area contributed by atoms with Gasteiger partial charge in [-0.2, -0.15) is 0 Å². The van der Waals surface area contributed by atoms with Crippen molar-refractivity contribution < 1.29 is 9.59 Å². The normalized spacial score (nSPS) is 15.1. The Morgan fingerprint density at radius 1 is 1.19 bits per heavy atom. The first kappa shape index (κ1) is 19.5. The molecule has 27 heavy (non-hydrogen) atoms. The van der Waals surface area contributed by atoms with Gasteiger partial charge in [-0.05, 0) is 25.7 Å². The Bertz CT molecular complexity index is 763. The molecule has 1 saturated heterocycles. The standard InChI is InChI=1S/C21H27N3O2S/c1-3-15(4-2)21(26)24-12-10-17(11-13-24)22-19(25)18-14-27-20(23-18)16-8-6-5-7-9-16/h5-9,14-15,17H,3-4,10-13H2,1-2H3,(H,22,25). The third kappa shape index (κ3) is 4.75. The fraction of sp³-hybridized carbons (Fsp3) is 0.476. The predicted octanol–water partition coefficient (Wildman–Crippen LogP) is 3.97. The number of hydrogen-bond acceptors (Lipinski definition) is 4. The van der Waals surface area contributed by atoms with Gasteiger partial charge >= 0.3 is 0 Å². The third-order valence-electron chi connectivity index (χ3n) is 5.23. The Labute approximate surface area is 164 Å². The number of nitrogens with zero attached hydrogens (tertiary/aromatic N) is 2. The van der Waals surface area contributed by atoms with Gasteiger partial charge in [-0.25, -0.2) is 4.98 Å². The van der Waals surface area contributed by atoms with Gasteiger partial charge in [-0.3, -0.25) is 9.59 Å². The van der Waals surface area contributed by atoms with Gasteiger partial charge in [-0.15, -0.1) is 11.3 Å². The number of carbonyl (C=O) groups excluding carboxylic acids is 2. The van der Waals surface area contributed by atoms with Crippen LogP contribution in [0.15, 0.2) is 35.7 Å². The molecular formula is C21H27N3O2S. The smallest absolute Gasteiger partial charge is 0.270 e. The van der Waals surface area contributed by atoms with E-state index in [0.717, 1.165) is 36.3 Å². The second-order valence-electron chi connectivity index (χ2n) is 6.99. The van der Waals surface area contributed by atoms with E-state index in [-0.39, 0.29) is 23.8 Å². The van der Waals surface area contributed by atoms with Crippen LogP contribution >= 0.6 is 11.3 Å². The van der Waals surface area contributed by atoms with Gasteiger partial charge < -0.3 is 10.2 Å². The summed E-state index contributed by atoms with van der Waals surface area (Å²) in [4.78, 5) is 31.4. The monoisotopic (exact) mass is 385 g/mol. The average molecular weight is 386 g/mol. The van der Waals surface area contributed by atoms with Gasteiger partial charge in [0.25, 0.3) is 5.91 Å². The summed E-state index contributed by atoms with van der Waals surface area (Å²) in [5, 5.41) is 5.75. The minimum atomic E-state index is -0.127. The van der Waals surface area contributed by atoms with E-state index in [1.807, 2.05) is 40.6 Å². The van der Waals surface area contributed by atoms with Gasteiger partial charge in [0.15, 0.2) is 0 Å². The molecule has 0 radical (unpaired) electrons. The molecular weight excluding hydrogens is 358 g/mol. The number of rotatable bonds is 6. The van der Waals surface area contributed by atoms with Crippen molar-refractivity contribution in [2.75, 3.05) is 13.1 Å². The maximum Gasteiger partial charge on any atom is 0.270 e. The molecule has 1 aromatic heterocycles. The van der Waals surface area contributed by atoms with Crippen LogP contribution in [0.25, 0.3) is 10.6 Å². The number of amides is 2. The topological polar surface area (TPSA) is 62.3 Å². The molecule has 1 aromatic carbocycles. The largest absolute Gasteiger partial charge is 0.348 e. The van der Waals surface area contributed by atoms with E-state index in [9.17, 15) is 9.59 Å². The first-order chi connectivity index (χ1) is 13.1. The fourth-order valence-electron chi connectivity index (χ4n) is 3.49. The number of benzene rings is 1. The van der Waals surface area contributed by atoms with E-state index in [0.29, 0.717) is 18.8 Å². The first-order valence-electron chi connectivity index (χ1n) is 9.73. The molecule has 2 aromatic rings. The molecule has 0 bridgehead atoms. The van der Waals surface area contributed by atoms with Crippen LogP contribution in [-0.4, -0.2) is 40.8 Å². The Morgan fingerprint density at radius 3 is 2.48 bits per heavy atom. The van der Waals surface area contributed by atoms with Gasteiger partial charge in [0.05, 0.1) is 0 Å². The van der Waals surface area contributed by atoms with Crippen molar-refractivity contribution in [1.82, 2.24) is 15.2 Å². The first-order valence-corrected chi connectivity index (χ1v) is 10.6. The van der Waals surface area contributed by atoms with Crippen molar-refractivity contribution in [3.8, 4) is 10.6 Å². The Kier molecular flexibility index (Phi) is 6.61. The third-order valence-corrected chi connectivity index (χ3v) is 6.13. The SMILES string of the molecule is CCC(CC)C(=O)N1CCC(NC(=O)c2csc(-c3ccccc3)n2)CC1. The lowest BCUT2D eigenvalue weighted by atomic mass is 9.98. The van der Waals surface area contributed by atoms with E-state index >= 15 is 0 Å². The number of nitrogens with one attached hydrogen (secondary N) is 1. The zero-order valence-corrected chi connectivity index (χ0v) is 16.8. The lowest BCUT2D eigenvalue weighted by Gasteiger charge is -2.34. The quantitative estimate of drug-likeness (QED) is 0.818. The summed E-state index contributed by atoms with van der Waals surface area (Å²) < 4.78 is 0. The highest BCUT2D eigenvalue weighted by Crippen LogP contribution is 2.23. The minimum Gasteiger partial charge on any atom is -0.348 e. The lowest BCUT2D eigenvalue weighted by molar-refractivity contribution is -0.136. The molecule has 6 heteroatoms. The van der Waals surface area contributed by atoms with E-state index < -0.39 is 0 Å². The Hall–Kier alpha value is -2.21. The van der Waals surface area contributed by atoms with Crippen LogP contribution < -0.4 is 5.32 Å². The van der Waals surface area contributed by atoms with Gasteiger partial charge in [0.2, 0.25) is 5.91 Å². The van der Waals surface area contributed by atoms with E-state index in [4.69, 9.17) is 0 Å². The number of aromatic nitrogens is 1. The van der Waals surface area contributed by atoms with E-state index in [2.05, 4.69) is 24.1 Å². The molecule has 2 heterocycles. The van der Waals surface area contributed by atoms with Crippen LogP contribution in [0.2, 0.25) is 0 Å². The Morgan fingerprint density at radius 2 is 1.85 bits per heavy atom. The van der Waals surface area contributed by atoms with Gasteiger partial charge in [0.1, 0.15) is 10.7 Å². The zero-order chi connectivity index (χ0) is 19.2. The number of hydrogen-bond donors (Lipinski definition) is 1. The molecule has 2 amide bonds. The molecule has 3 rings (SSSR count). The van der Waals surface area contributed by atoms with Crippen molar-refractivity contribution in [2.45, 2.75) is 45.6 Å². The lowest BCUT2D eigenvalue weighted by Crippen LogP contribution is -2.48. The minimum absolute atomic E-state index is 0.102. The van der Waals surface area contributed by atoms with E-state index in [1.54, 1.807) is 0 Å². The molecule has 1 fully saturated rings. The summed E-state index contributed by atoms with van der Waals surface area (Å²) in [5.41, 5.74) is 1.49. The fourth-order valence-corrected chi connectivity index (χ4v) is 4.30. The molecule has 0 atom stereocenters. The van der Waals surface area contributed by atoms with Crippen LogP contribution in [0.4, 0.5) is 0 Å². The summed E-state index contributed by atoms with van der Waals surface area (Å²) >= 11 is 1.48. The molecule has 1 aliphatic heterocycles. The number of carbonyl (C=O) groups is 2. The molecule has 1 aliphatic rings. The summed E-state index contributed by atoms with van der Waals surface area (Å²) in [7, 11) is 0. The van der Waals surface area contributed by atoms with Crippen molar-refractivity contribution >= 4 is 23.2 Å². The van der Waals surface area contributed by atoms with Crippen LogP contribution in [-0.2, 0) is 4.79 Å². The van der Waals surface area contributed by atoms with Gasteiger partial charge in [0, 0.05) is 36.0 Å². The Balaban J connectivity index is 1.53. The highest BCUT2D eigenvalue weighted by Gasteiger charge is 2.27. The molecule has 0 saturated carbocycles. The summed E-state index contributed by atoms with van der Waals surface area (Å²) in [5.74, 6) is 0.262. The molecule has 1 N–H and O–H groups in total. The maximum atomic E-state index is 12.5. The second kappa shape index (κ2) is 9.13. The number of likely N-dealkylation sites (tertiary alicyclic amines) is 1. The predicted molar refractivity (Wildman–Crippen MR) is 109 cm³/mol. The molecule has 0 aliphatic carbocycles. The van der Waals surface area contributed by atoms with Crippen molar-refractivity contribution in [1.29, 1.82) is 0 Å². The maximum absolute atomic E-state index is 12.5. The van der Waals surface area contributed by atoms with Crippen molar-refractivity contribution in [3.05, 3.63) is 41.4 Å². The number of thiazole rings is 1. The van der Waals surface area contributed by atoms with Crippen molar-refractivity contribution in [2.24, 2.45) is 5.92 Å². The van der Waals surface area contributed by atoms with Crippen LogP contribution in [0, 0.1) is 5.92 Å². The molecule has 5 nitrogen and oxygen atoms in total. The zero-order valence-electron chi connectivity index (χ0n) is 16.0. The summed E-state index contributed by atoms with van der Waals surface area (Å²) in [6, 6.07) is 9.98. The highest BCUT2D eigenvalue weighted by molar-refractivity contribution is 7.13. The summed E-state index contributed by atoms with van der Waals surface area (Å²) in [6.07, 6.45) is 3.37. The summed E-state index contributed by atoms with van der Waals surface area (Å²) in [6.45, 7) is 5.56. The second-order valence-corrected chi connectivity index (χ2v) is 7.85. The highest BCUT2D eigenvalue weighted by atomic mass is 32.1. The average Bonchev–Trinajstić information content (AvgIpc) is 3.20. The molecule has 0 spiro atoms. The molecule has 144 valence electrons. The van der Waals surface area contributed by atoms with Crippen LogP contribution in [0.3, 0.4) is 0 Å². The molecule has 0 unspecified atom stereocenters. The van der Waals surface area contributed by atoms with Gasteiger partial charge in [-0.1, -0.05) is 44.2 Å².